The number of rotatable bonds is 4. The molecule has 0 amide bonds. The minimum atomic E-state index is 0.661. The van der Waals surface area contributed by atoms with E-state index in [1.807, 2.05) is 18.2 Å². The molecule has 2 heterocycles. The van der Waals surface area contributed by atoms with Gasteiger partial charge in [-0.2, -0.15) is 0 Å². The Labute approximate surface area is 121 Å². The van der Waals surface area contributed by atoms with Gasteiger partial charge in [0.2, 0.25) is 0 Å². The number of thiophene rings is 1. The van der Waals surface area contributed by atoms with Gasteiger partial charge in [-0.1, -0.05) is 31.5 Å². The Morgan fingerprint density at radius 1 is 1.25 bits per heavy atom. The average Bonchev–Trinajstić information content (AvgIpc) is 2.91. The first-order valence-corrected chi connectivity index (χ1v) is 7.51. The van der Waals surface area contributed by atoms with Gasteiger partial charge in [0.1, 0.15) is 5.82 Å². The first-order chi connectivity index (χ1) is 9.81. The van der Waals surface area contributed by atoms with Gasteiger partial charge >= 0.3 is 0 Å². The number of nitrogens with one attached hydrogen (secondary N) is 1. The first-order valence-electron chi connectivity index (χ1n) is 6.63. The van der Waals surface area contributed by atoms with Gasteiger partial charge in [-0.3, -0.25) is 0 Å². The lowest BCUT2D eigenvalue weighted by molar-refractivity contribution is 0.875. The number of aromatic nitrogens is 2. The number of aryl methyl sites for hydroxylation is 1. The van der Waals surface area contributed by atoms with Crippen molar-refractivity contribution in [2.24, 2.45) is 5.84 Å². The number of hydrazine groups is 1. The Morgan fingerprint density at radius 3 is 2.90 bits per heavy atom. The summed E-state index contributed by atoms with van der Waals surface area (Å²) in [5.41, 5.74) is 4.71. The normalized spacial score (nSPS) is 10.9. The summed E-state index contributed by atoms with van der Waals surface area (Å²) in [6.45, 7) is 2.14. The highest BCUT2D eigenvalue weighted by Gasteiger charge is 2.11. The number of fused-ring (bicyclic) bond motifs is 1. The molecule has 0 radical (unpaired) electrons. The average molecular weight is 284 g/mol. The summed E-state index contributed by atoms with van der Waals surface area (Å²) in [7, 11) is 0. The van der Waals surface area contributed by atoms with E-state index in [9.17, 15) is 0 Å². The molecular formula is C15H16N4S. The van der Waals surface area contributed by atoms with Crippen molar-refractivity contribution in [2.45, 2.75) is 19.8 Å². The lowest BCUT2D eigenvalue weighted by Crippen LogP contribution is -2.10. The molecule has 0 fully saturated rings. The van der Waals surface area contributed by atoms with Crippen LogP contribution in [0.4, 0.5) is 5.82 Å². The monoisotopic (exact) mass is 284 g/mol. The van der Waals surface area contributed by atoms with Crippen LogP contribution >= 0.6 is 11.3 Å². The van der Waals surface area contributed by atoms with E-state index in [2.05, 4.69) is 39.8 Å². The maximum atomic E-state index is 5.51. The smallest absolute Gasteiger partial charge is 0.163 e. The molecule has 2 aromatic heterocycles. The molecule has 3 aromatic rings. The van der Waals surface area contributed by atoms with Gasteiger partial charge in [-0.15, -0.1) is 11.3 Å². The zero-order valence-corrected chi connectivity index (χ0v) is 12.1. The van der Waals surface area contributed by atoms with Crippen molar-refractivity contribution in [1.29, 1.82) is 0 Å². The van der Waals surface area contributed by atoms with Crippen LogP contribution in [-0.4, -0.2) is 9.97 Å². The lowest BCUT2D eigenvalue weighted by Gasteiger charge is -2.06. The summed E-state index contributed by atoms with van der Waals surface area (Å²) in [6.07, 6.45) is 1.97. The van der Waals surface area contributed by atoms with Crippen LogP contribution in [0.5, 0.6) is 0 Å². The van der Waals surface area contributed by atoms with Gasteiger partial charge in [-0.25, -0.2) is 15.8 Å². The molecule has 3 rings (SSSR count). The minimum absolute atomic E-state index is 0.661. The maximum absolute atomic E-state index is 5.51. The van der Waals surface area contributed by atoms with E-state index in [0.29, 0.717) is 5.82 Å². The molecule has 0 aliphatic heterocycles. The molecule has 0 saturated carbocycles. The minimum Gasteiger partial charge on any atom is -0.308 e. The molecule has 20 heavy (non-hydrogen) atoms. The van der Waals surface area contributed by atoms with Crippen molar-refractivity contribution < 1.29 is 0 Å². The zero-order valence-electron chi connectivity index (χ0n) is 11.3. The van der Waals surface area contributed by atoms with E-state index < -0.39 is 0 Å². The van der Waals surface area contributed by atoms with E-state index in [0.717, 1.165) is 29.9 Å². The highest BCUT2D eigenvalue weighted by molar-refractivity contribution is 7.17. The lowest BCUT2D eigenvalue weighted by atomic mass is 10.1. The van der Waals surface area contributed by atoms with Crippen LogP contribution in [0.1, 0.15) is 19.0 Å². The molecule has 0 aliphatic rings. The third-order valence-electron chi connectivity index (χ3n) is 3.16. The van der Waals surface area contributed by atoms with Gasteiger partial charge in [0.25, 0.3) is 0 Å². The second kappa shape index (κ2) is 5.56. The fourth-order valence-electron chi connectivity index (χ4n) is 2.23. The number of nitrogens with two attached hydrogens (primary N) is 1. The largest absolute Gasteiger partial charge is 0.308 e. The number of nitrogen functional groups attached to an aromatic ring is 1. The fraction of sp³-hybridized carbons (Fsp3) is 0.200. The van der Waals surface area contributed by atoms with Crippen molar-refractivity contribution in [3.8, 4) is 11.4 Å². The van der Waals surface area contributed by atoms with Crippen LogP contribution in [0.15, 0.2) is 35.7 Å². The van der Waals surface area contributed by atoms with Crippen LogP contribution in [0.3, 0.4) is 0 Å². The van der Waals surface area contributed by atoms with Crippen molar-refractivity contribution in [1.82, 2.24) is 9.97 Å². The van der Waals surface area contributed by atoms with Gasteiger partial charge in [-0.05, 0) is 12.5 Å². The summed E-state index contributed by atoms with van der Waals surface area (Å²) in [4.78, 5) is 9.15. The Balaban J connectivity index is 2.15. The van der Waals surface area contributed by atoms with Gasteiger partial charge < -0.3 is 5.43 Å². The topological polar surface area (TPSA) is 63.8 Å². The third kappa shape index (κ3) is 2.37. The second-order valence-corrected chi connectivity index (χ2v) is 5.52. The highest BCUT2D eigenvalue weighted by atomic mass is 32.1. The number of nitrogens with zero attached hydrogens (tertiary/aromatic N) is 2. The predicted molar refractivity (Wildman–Crippen MR) is 84.7 cm³/mol. The van der Waals surface area contributed by atoms with Crippen molar-refractivity contribution in [3.63, 3.8) is 0 Å². The molecule has 0 spiro atoms. The number of hydrogen-bond donors (Lipinski definition) is 2. The summed E-state index contributed by atoms with van der Waals surface area (Å²) in [5, 5.41) is 3.30. The Hall–Kier alpha value is -1.98. The van der Waals surface area contributed by atoms with Crippen LogP contribution in [0, 0.1) is 0 Å². The maximum Gasteiger partial charge on any atom is 0.163 e. The van der Waals surface area contributed by atoms with Crippen molar-refractivity contribution >= 4 is 27.2 Å². The summed E-state index contributed by atoms with van der Waals surface area (Å²) < 4.78 is 1.24. The second-order valence-electron chi connectivity index (χ2n) is 4.61. The summed E-state index contributed by atoms with van der Waals surface area (Å²) in [6, 6.07) is 10.2. The van der Waals surface area contributed by atoms with E-state index in [1.54, 1.807) is 11.3 Å². The zero-order chi connectivity index (χ0) is 13.9. The van der Waals surface area contributed by atoms with Gasteiger partial charge in [0, 0.05) is 32.8 Å². The fourth-order valence-corrected chi connectivity index (χ4v) is 3.17. The van der Waals surface area contributed by atoms with Crippen LogP contribution in [-0.2, 0) is 6.42 Å². The van der Waals surface area contributed by atoms with Gasteiger partial charge in [0.05, 0.1) is 0 Å². The van der Waals surface area contributed by atoms with E-state index in [-0.39, 0.29) is 0 Å². The predicted octanol–water partition coefficient (Wildman–Crippen LogP) is 3.60. The molecule has 1 aromatic carbocycles. The molecule has 102 valence electrons. The number of benzene rings is 1. The van der Waals surface area contributed by atoms with E-state index in [1.165, 1.54) is 10.1 Å². The van der Waals surface area contributed by atoms with Crippen LogP contribution in [0.25, 0.3) is 21.5 Å². The first kappa shape index (κ1) is 13.0. The highest BCUT2D eigenvalue weighted by Crippen LogP contribution is 2.32. The Kier molecular flexibility index (Phi) is 3.62. The molecule has 0 aliphatic carbocycles. The summed E-state index contributed by atoms with van der Waals surface area (Å²) in [5.74, 6) is 6.91. The molecule has 3 N–H and O–H groups in total. The van der Waals surface area contributed by atoms with Crippen molar-refractivity contribution in [3.05, 3.63) is 41.4 Å². The number of anilines is 1. The quantitative estimate of drug-likeness (QED) is 0.567. The van der Waals surface area contributed by atoms with E-state index >= 15 is 0 Å². The third-order valence-corrected chi connectivity index (χ3v) is 4.12. The standard InChI is InChI=1S/C15H16N4S/c1-2-5-10-8-14(19-16)18-15(17-10)12-9-20-13-7-4-3-6-11(12)13/h3-4,6-9H,2,5,16H2,1H3,(H,17,18,19). The Bertz CT molecular complexity index is 736. The summed E-state index contributed by atoms with van der Waals surface area (Å²) >= 11 is 1.71. The molecular weight excluding hydrogens is 268 g/mol. The van der Waals surface area contributed by atoms with Crippen LogP contribution < -0.4 is 11.3 Å². The molecule has 0 bridgehead atoms. The molecule has 0 atom stereocenters. The van der Waals surface area contributed by atoms with Crippen LogP contribution in [0.2, 0.25) is 0 Å². The Morgan fingerprint density at radius 2 is 2.10 bits per heavy atom. The molecule has 0 saturated heterocycles. The molecule has 5 heteroatoms. The van der Waals surface area contributed by atoms with E-state index in [4.69, 9.17) is 5.84 Å². The molecule has 0 unspecified atom stereocenters. The van der Waals surface area contributed by atoms with Gasteiger partial charge in [0.15, 0.2) is 5.82 Å². The SMILES string of the molecule is CCCc1cc(NN)nc(-c2csc3ccccc23)n1. The molecule has 4 nitrogen and oxygen atoms in total. The number of hydrogen-bond acceptors (Lipinski definition) is 5. The van der Waals surface area contributed by atoms with Crippen molar-refractivity contribution in [2.75, 3.05) is 5.43 Å².